The standard InChI is InChI=1S/C22H31N3O2/c1-15-11-16(2)20-18(13-17(3)23-19(20)12-15)21(26)25-9-6-7-22(27,8-10-25)14-24(4)5/h11-13,27H,6-10,14H2,1-5H3/t22-/m0/s1. The molecule has 5 nitrogen and oxygen atoms in total. The molecular weight excluding hydrogens is 338 g/mol. The first-order chi connectivity index (χ1) is 12.7. The molecule has 5 heteroatoms. The molecule has 1 aromatic carbocycles. The van der Waals surface area contributed by atoms with Crippen molar-refractivity contribution in [3.05, 3.63) is 40.6 Å². The number of benzene rings is 1. The third-order valence-corrected chi connectivity index (χ3v) is 5.42. The van der Waals surface area contributed by atoms with Gasteiger partial charge in [-0.05, 0) is 77.4 Å². The van der Waals surface area contributed by atoms with E-state index in [0.29, 0.717) is 26.1 Å². The number of aliphatic hydroxyl groups is 1. The predicted molar refractivity (Wildman–Crippen MR) is 109 cm³/mol. The zero-order chi connectivity index (χ0) is 19.8. The monoisotopic (exact) mass is 369 g/mol. The second-order valence-electron chi connectivity index (χ2n) is 8.40. The van der Waals surface area contributed by atoms with Crippen LogP contribution in [-0.2, 0) is 0 Å². The summed E-state index contributed by atoms with van der Waals surface area (Å²) in [5.41, 5.74) is 3.99. The van der Waals surface area contributed by atoms with E-state index in [0.717, 1.165) is 46.1 Å². The third kappa shape index (κ3) is 4.30. The number of hydrogen-bond acceptors (Lipinski definition) is 4. The van der Waals surface area contributed by atoms with Crippen LogP contribution in [-0.4, -0.2) is 65.1 Å². The van der Waals surface area contributed by atoms with E-state index in [4.69, 9.17) is 0 Å². The van der Waals surface area contributed by atoms with Crippen molar-refractivity contribution in [2.45, 2.75) is 45.6 Å². The number of amides is 1. The zero-order valence-corrected chi connectivity index (χ0v) is 17.2. The maximum absolute atomic E-state index is 13.4. The summed E-state index contributed by atoms with van der Waals surface area (Å²) in [6, 6.07) is 6.06. The Kier molecular flexibility index (Phi) is 5.54. The Labute approximate surface area is 162 Å². The van der Waals surface area contributed by atoms with E-state index in [2.05, 4.69) is 18.0 Å². The molecule has 1 N–H and O–H groups in total. The highest BCUT2D eigenvalue weighted by Crippen LogP contribution is 2.28. The summed E-state index contributed by atoms with van der Waals surface area (Å²) >= 11 is 0. The highest BCUT2D eigenvalue weighted by molar-refractivity contribution is 6.07. The van der Waals surface area contributed by atoms with Crippen LogP contribution in [0.5, 0.6) is 0 Å². The van der Waals surface area contributed by atoms with Crippen molar-refractivity contribution in [3.8, 4) is 0 Å². The van der Waals surface area contributed by atoms with Gasteiger partial charge >= 0.3 is 0 Å². The van der Waals surface area contributed by atoms with E-state index in [1.165, 1.54) is 0 Å². The molecule has 1 fully saturated rings. The minimum Gasteiger partial charge on any atom is -0.388 e. The van der Waals surface area contributed by atoms with Gasteiger partial charge < -0.3 is 14.9 Å². The van der Waals surface area contributed by atoms with Gasteiger partial charge in [0, 0.05) is 30.7 Å². The number of likely N-dealkylation sites (N-methyl/N-ethyl adjacent to an activating group) is 1. The fourth-order valence-corrected chi connectivity index (χ4v) is 4.35. The first-order valence-corrected chi connectivity index (χ1v) is 9.73. The smallest absolute Gasteiger partial charge is 0.254 e. The number of likely N-dealkylation sites (tertiary alicyclic amines) is 1. The molecular formula is C22H31N3O2. The van der Waals surface area contributed by atoms with Crippen molar-refractivity contribution in [3.63, 3.8) is 0 Å². The van der Waals surface area contributed by atoms with Gasteiger partial charge in [-0.25, -0.2) is 0 Å². The molecule has 2 heterocycles. The van der Waals surface area contributed by atoms with Gasteiger partial charge in [0.25, 0.3) is 5.91 Å². The fourth-order valence-electron chi connectivity index (χ4n) is 4.35. The van der Waals surface area contributed by atoms with Gasteiger partial charge in [0.2, 0.25) is 0 Å². The third-order valence-electron chi connectivity index (χ3n) is 5.42. The maximum atomic E-state index is 13.4. The molecule has 0 bridgehead atoms. The molecule has 0 spiro atoms. The number of pyridine rings is 1. The van der Waals surface area contributed by atoms with Crippen LogP contribution in [0, 0.1) is 20.8 Å². The van der Waals surface area contributed by atoms with Gasteiger partial charge in [-0.2, -0.15) is 0 Å². The number of fused-ring (bicyclic) bond motifs is 1. The summed E-state index contributed by atoms with van der Waals surface area (Å²) < 4.78 is 0. The summed E-state index contributed by atoms with van der Waals surface area (Å²) in [5.74, 6) is 0.0477. The lowest BCUT2D eigenvalue weighted by Crippen LogP contribution is -2.41. The topological polar surface area (TPSA) is 56.7 Å². The molecule has 146 valence electrons. The lowest BCUT2D eigenvalue weighted by molar-refractivity contribution is 0.00305. The molecule has 0 saturated carbocycles. The van der Waals surface area contributed by atoms with E-state index in [-0.39, 0.29) is 5.91 Å². The van der Waals surface area contributed by atoms with Crippen molar-refractivity contribution in [2.24, 2.45) is 0 Å². The second-order valence-corrected chi connectivity index (χ2v) is 8.40. The SMILES string of the molecule is Cc1cc(C)c2c(C(=O)N3CCC[C@@](O)(CN(C)C)CC3)cc(C)nc2c1. The van der Waals surface area contributed by atoms with Crippen LogP contribution in [0.3, 0.4) is 0 Å². The number of aryl methyl sites for hydroxylation is 3. The molecule has 0 unspecified atom stereocenters. The van der Waals surface area contributed by atoms with Crippen LogP contribution in [0.15, 0.2) is 18.2 Å². The van der Waals surface area contributed by atoms with E-state index in [1.54, 1.807) is 0 Å². The van der Waals surface area contributed by atoms with E-state index < -0.39 is 5.60 Å². The van der Waals surface area contributed by atoms with E-state index >= 15 is 0 Å². The summed E-state index contributed by atoms with van der Waals surface area (Å²) in [4.78, 5) is 22.0. The Hall–Kier alpha value is -1.98. The van der Waals surface area contributed by atoms with Crippen LogP contribution in [0.2, 0.25) is 0 Å². The summed E-state index contributed by atoms with van der Waals surface area (Å²) in [6.07, 6.45) is 2.15. The summed E-state index contributed by atoms with van der Waals surface area (Å²) in [5, 5.41) is 11.8. The highest BCUT2D eigenvalue weighted by Gasteiger charge is 2.32. The Morgan fingerprint density at radius 3 is 2.63 bits per heavy atom. The van der Waals surface area contributed by atoms with Gasteiger partial charge in [-0.1, -0.05) is 6.07 Å². The van der Waals surface area contributed by atoms with E-state index in [9.17, 15) is 9.90 Å². The number of carbonyl (C=O) groups excluding carboxylic acids is 1. The Bertz CT molecular complexity index is 857. The Morgan fingerprint density at radius 2 is 1.93 bits per heavy atom. The Morgan fingerprint density at radius 1 is 1.19 bits per heavy atom. The lowest BCUT2D eigenvalue weighted by Gasteiger charge is -2.30. The average molecular weight is 370 g/mol. The van der Waals surface area contributed by atoms with Gasteiger partial charge in [0.05, 0.1) is 16.7 Å². The summed E-state index contributed by atoms with van der Waals surface area (Å²) in [6.45, 7) is 7.93. The molecule has 1 aliphatic heterocycles. The van der Waals surface area contributed by atoms with Crippen LogP contribution in [0.25, 0.3) is 10.9 Å². The zero-order valence-electron chi connectivity index (χ0n) is 17.2. The van der Waals surface area contributed by atoms with Crippen molar-refractivity contribution >= 4 is 16.8 Å². The predicted octanol–water partition coefficient (Wildman–Crippen LogP) is 3.08. The van der Waals surface area contributed by atoms with Gasteiger partial charge in [-0.15, -0.1) is 0 Å². The minimum absolute atomic E-state index is 0.0477. The Balaban J connectivity index is 1.92. The number of aromatic nitrogens is 1. The van der Waals surface area contributed by atoms with Crippen molar-refractivity contribution in [2.75, 3.05) is 33.7 Å². The van der Waals surface area contributed by atoms with Crippen molar-refractivity contribution < 1.29 is 9.90 Å². The van der Waals surface area contributed by atoms with E-state index in [1.807, 2.05) is 49.9 Å². The molecule has 0 radical (unpaired) electrons. The second kappa shape index (κ2) is 7.56. The number of carbonyl (C=O) groups is 1. The molecule has 1 atom stereocenters. The largest absolute Gasteiger partial charge is 0.388 e. The number of rotatable bonds is 3. The van der Waals surface area contributed by atoms with Gasteiger partial charge in [-0.3, -0.25) is 9.78 Å². The fraction of sp³-hybridized carbons (Fsp3) is 0.545. The lowest BCUT2D eigenvalue weighted by atomic mass is 9.94. The average Bonchev–Trinajstić information content (AvgIpc) is 2.73. The molecule has 0 aliphatic carbocycles. The van der Waals surface area contributed by atoms with Crippen LogP contribution in [0.1, 0.15) is 46.4 Å². The van der Waals surface area contributed by atoms with Crippen molar-refractivity contribution in [1.82, 2.24) is 14.8 Å². The normalized spacial score (nSPS) is 20.9. The quantitative estimate of drug-likeness (QED) is 0.903. The summed E-state index contributed by atoms with van der Waals surface area (Å²) in [7, 11) is 3.95. The first-order valence-electron chi connectivity index (χ1n) is 9.73. The highest BCUT2D eigenvalue weighted by atomic mass is 16.3. The van der Waals surface area contributed by atoms with Gasteiger partial charge in [0.15, 0.2) is 0 Å². The molecule has 1 saturated heterocycles. The molecule has 27 heavy (non-hydrogen) atoms. The molecule has 1 aromatic heterocycles. The molecule has 2 aromatic rings. The maximum Gasteiger partial charge on any atom is 0.254 e. The molecule has 1 amide bonds. The van der Waals surface area contributed by atoms with Crippen molar-refractivity contribution in [1.29, 1.82) is 0 Å². The van der Waals surface area contributed by atoms with Crippen LogP contribution < -0.4 is 0 Å². The molecule has 3 rings (SSSR count). The van der Waals surface area contributed by atoms with Gasteiger partial charge in [0.1, 0.15) is 0 Å². The minimum atomic E-state index is -0.720. The van der Waals surface area contributed by atoms with Crippen LogP contribution in [0.4, 0.5) is 0 Å². The molecule has 1 aliphatic rings. The first kappa shape index (κ1) is 19.8. The number of hydrogen-bond donors (Lipinski definition) is 1. The number of nitrogens with zero attached hydrogens (tertiary/aromatic N) is 3. The van der Waals surface area contributed by atoms with Crippen LogP contribution >= 0.6 is 0 Å².